The highest BCUT2D eigenvalue weighted by atomic mass is 16.2. The minimum Gasteiger partial charge on any atom is -0.333 e. The lowest BCUT2D eigenvalue weighted by molar-refractivity contribution is 0.0576. The Balaban J connectivity index is 2.10. The summed E-state index contributed by atoms with van der Waals surface area (Å²) >= 11 is 0. The third kappa shape index (κ3) is 2.08. The third-order valence-corrected chi connectivity index (χ3v) is 3.19. The predicted octanol–water partition coefficient (Wildman–Crippen LogP) is 1.37. The number of H-pyrrole nitrogens is 1. The lowest BCUT2D eigenvalue weighted by Crippen LogP contribution is -2.44. The van der Waals surface area contributed by atoms with E-state index >= 15 is 0 Å². The van der Waals surface area contributed by atoms with Gasteiger partial charge in [0.2, 0.25) is 5.82 Å². The number of hydrogen-bond donors (Lipinski definition) is 1. The molecule has 2 unspecified atom stereocenters. The van der Waals surface area contributed by atoms with Crippen LogP contribution in [-0.2, 0) is 0 Å². The molecule has 2 rings (SSSR count). The lowest BCUT2D eigenvalue weighted by atomic mass is 9.93. The van der Waals surface area contributed by atoms with Crippen molar-refractivity contribution in [2.24, 2.45) is 5.92 Å². The van der Waals surface area contributed by atoms with E-state index in [2.05, 4.69) is 29.0 Å². The molecule has 0 aliphatic carbocycles. The summed E-state index contributed by atoms with van der Waals surface area (Å²) in [5.74, 6) is 1.62. The van der Waals surface area contributed by atoms with E-state index in [0.29, 0.717) is 17.6 Å². The van der Waals surface area contributed by atoms with Gasteiger partial charge in [-0.2, -0.15) is 0 Å². The Bertz CT molecular complexity index is 387. The SMILES string of the molecule is Cc1nc(C(=O)N2CCC(C)CC2C)n[nH]1. The summed E-state index contributed by atoms with van der Waals surface area (Å²) in [7, 11) is 0. The third-order valence-electron chi connectivity index (χ3n) is 3.19. The zero-order valence-corrected chi connectivity index (χ0v) is 10.0. The molecular formula is C11H18N4O. The van der Waals surface area contributed by atoms with Gasteiger partial charge in [-0.1, -0.05) is 6.92 Å². The molecule has 2 heterocycles. The minimum atomic E-state index is -0.0521. The van der Waals surface area contributed by atoms with E-state index in [4.69, 9.17) is 0 Å². The van der Waals surface area contributed by atoms with Gasteiger partial charge < -0.3 is 4.90 Å². The van der Waals surface area contributed by atoms with Gasteiger partial charge in [0, 0.05) is 12.6 Å². The maximum atomic E-state index is 12.1. The number of carbonyl (C=O) groups is 1. The molecule has 1 aromatic rings. The van der Waals surface area contributed by atoms with Crippen molar-refractivity contribution in [3.63, 3.8) is 0 Å². The number of carbonyl (C=O) groups excluding carboxylic acids is 1. The summed E-state index contributed by atoms with van der Waals surface area (Å²) < 4.78 is 0. The zero-order valence-electron chi connectivity index (χ0n) is 10.0. The molecular weight excluding hydrogens is 204 g/mol. The molecule has 2 atom stereocenters. The van der Waals surface area contributed by atoms with Gasteiger partial charge in [0.05, 0.1) is 0 Å². The number of nitrogens with zero attached hydrogens (tertiary/aromatic N) is 3. The fourth-order valence-corrected chi connectivity index (χ4v) is 2.28. The van der Waals surface area contributed by atoms with Gasteiger partial charge in [0.1, 0.15) is 5.82 Å². The fraction of sp³-hybridized carbons (Fsp3) is 0.727. The highest BCUT2D eigenvalue weighted by Crippen LogP contribution is 2.22. The second kappa shape index (κ2) is 4.23. The van der Waals surface area contributed by atoms with Crippen LogP contribution < -0.4 is 0 Å². The van der Waals surface area contributed by atoms with Crippen LogP contribution in [0.1, 0.15) is 43.1 Å². The summed E-state index contributed by atoms with van der Waals surface area (Å²) in [4.78, 5) is 18.1. The molecule has 1 amide bonds. The number of aryl methyl sites for hydroxylation is 1. The first-order chi connectivity index (χ1) is 7.58. The van der Waals surface area contributed by atoms with Gasteiger partial charge in [-0.15, -0.1) is 5.10 Å². The van der Waals surface area contributed by atoms with Gasteiger partial charge in [0.15, 0.2) is 0 Å². The van der Waals surface area contributed by atoms with Crippen LogP contribution in [0.15, 0.2) is 0 Å². The molecule has 0 saturated carbocycles. The van der Waals surface area contributed by atoms with Gasteiger partial charge in [-0.05, 0) is 32.6 Å². The summed E-state index contributed by atoms with van der Waals surface area (Å²) in [6.07, 6.45) is 2.13. The van der Waals surface area contributed by atoms with Crippen molar-refractivity contribution in [3.05, 3.63) is 11.6 Å². The van der Waals surface area contributed by atoms with E-state index in [1.807, 2.05) is 4.90 Å². The molecule has 5 heteroatoms. The molecule has 1 aliphatic heterocycles. The molecule has 88 valence electrons. The smallest absolute Gasteiger partial charge is 0.293 e. The average molecular weight is 222 g/mol. The monoisotopic (exact) mass is 222 g/mol. The first kappa shape index (κ1) is 11.1. The molecule has 1 N–H and O–H groups in total. The Hall–Kier alpha value is -1.39. The van der Waals surface area contributed by atoms with Crippen LogP contribution in [0.4, 0.5) is 0 Å². The van der Waals surface area contributed by atoms with E-state index < -0.39 is 0 Å². The number of hydrogen-bond acceptors (Lipinski definition) is 3. The quantitative estimate of drug-likeness (QED) is 0.780. The number of aromatic amines is 1. The normalized spacial score (nSPS) is 25.8. The number of nitrogens with one attached hydrogen (secondary N) is 1. The van der Waals surface area contributed by atoms with E-state index in [9.17, 15) is 4.79 Å². The highest BCUT2D eigenvalue weighted by Gasteiger charge is 2.29. The average Bonchev–Trinajstić information content (AvgIpc) is 2.64. The Labute approximate surface area is 95.2 Å². The lowest BCUT2D eigenvalue weighted by Gasteiger charge is -2.35. The number of rotatable bonds is 1. The molecule has 5 nitrogen and oxygen atoms in total. The number of amides is 1. The number of aromatic nitrogens is 3. The molecule has 1 saturated heterocycles. The van der Waals surface area contributed by atoms with Crippen LogP contribution in [0, 0.1) is 12.8 Å². The van der Waals surface area contributed by atoms with Gasteiger partial charge in [-0.25, -0.2) is 4.98 Å². The van der Waals surface area contributed by atoms with E-state index in [-0.39, 0.29) is 11.9 Å². The summed E-state index contributed by atoms with van der Waals surface area (Å²) in [5.41, 5.74) is 0. The summed E-state index contributed by atoms with van der Waals surface area (Å²) in [5, 5.41) is 6.62. The molecule has 1 aliphatic rings. The summed E-state index contributed by atoms with van der Waals surface area (Å²) in [6, 6.07) is 0.287. The predicted molar refractivity (Wildman–Crippen MR) is 60.0 cm³/mol. The van der Waals surface area contributed by atoms with E-state index in [1.54, 1.807) is 6.92 Å². The van der Waals surface area contributed by atoms with Crippen molar-refractivity contribution in [2.75, 3.05) is 6.54 Å². The number of likely N-dealkylation sites (tertiary alicyclic amines) is 1. The molecule has 16 heavy (non-hydrogen) atoms. The van der Waals surface area contributed by atoms with Crippen LogP contribution >= 0.6 is 0 Å². The van der Waals surface area contributed by atoms with Crippen molar-refractivity contribution in [1.29, 1.82) is 0 Å². The minimum absolute atomic E-state index is 0.0521. The van der Waals surface area contributed by atoms with Gasteiger partial charge in [0.25, 0.3) is 5.91 Å². The molecule has 0 aromatic carbocycles. The molecule has 0 spiro atoms. The standard InChI is InChI=1S/C11H18N4O/c1-7-4-5-15(8(2)6-7)11(16)10-12-9(3)13-14-10/h7-8H,4-6H2,1-3H3,(H,12,13,14). The van der Waals surface area contributed by atoms with Crippen LogP contribution in [0.3, 0.4) is 0 Å². The highest BCUT2D eigenvalue weighted by molar-refractivity contribution is 5.90. The van der Waals surface area contributed by atoms with Crippen molar-refractivity contribution >= 4 is 5.91 Å². The largest absolute Gasteiger partial charge is 0.333 e. The maximum absolute atomic E-state index is 12.1. The second-order valence-corrected chi connectivity index (χ2v) is 4.72. The van der Waals surface area contributed by atoms with Crippen LogP contribution in [0.5, 0.6) is 0 Å². The van der Waals surface area contributed by atoms with Crippen molar-refractivity contribution in [2.45, 2.75) is 39.7 Å². The van der Waals surface area contributed by atoms with Gasteiger partial charge in [-0.3, -0.25) is 9.89 Å². The first-order valence-corrected chi connectivity index (χ1v) is 5.78. The van der Waals surface area contributed by atoms with Crippen molar-refractivity contribution < 1.29 is 4.79 Å². The number of piperidine rings is 1. The zero-order chi connectivity index (χ0) is 11.7. The Morgan fingerprint density at radius 1 is 1.50 bits per heavy atom. The topological polar surface area (TPSA) is 61.9 Å². The second-order valence-electron chi connectivity index (χ2n) is 4.72. The molecule has 0 bridgehead atoms. The summed E-state index contributed by atoms with van der Waals surface area (Å²) in [6.45, 7) is 6.93. The first-order valence-electron chi connectivity index (χ1n) is 5.78. The fourth-order valence-electron chi connectivity index (χ4n) is 2.28. The van der Waals surface area contributed by atoms with E-state index in [0.717, 1.165) is 19.4 Å². The van der Waals surface area contributed by atoms with Crippen molar-refractivity contribution in [3.8, 4) is 0 Å². The molecule has 0 radical (unpaired) electrons. The van der Waals surface area contributed by atoms with Crippen LogP contribution in [-0.4, -0.2) is 38.6 Å². The Morgan fingerprint density at radius 2 is 2.25 bits per heavy atom. The van der Waals surface area contributed by atoms with Crippen LogP contribution in [0.25, 0.3) is 0 Å². The Morgan fingerprint density at radius 3 is 2.81 bits per heavy atom. The molecule has 1 fully saturated rings. The van der Waals surface area contributed by atoms with Crippen molar-refractivity contribution in [1.82, 2.24) is 20.1 Å². The van der Waals surface area contributed by atoms with Gasteiger partial charge >= 0.3 is 0 Å². The Kier molecular flexibility index (Phi) is 2.94. The molecule has 1 aromatic heterocycles. The van der Waals surface area contributed by atoms with Crippen LogP contribution in [0.2, 0.25) is 0 Å². The van der Waals surface area contributed by atoms with E-state index in [1.165, 1.54) is 0 Å². The maximum Gasteiger partial charge on any atom is 0.293 e.